The van der Waals surface area contributed by atoms with Crippen molar-refractivity contribution in [2.45, 2.75) is 12.0 Å². The summed E-state index contributed by atoms with van der Waals surface area (Å²) in [5.41, 5.74) is 2.04. The Morgan fingerprint density at radius 1 is 0.952 bits per heavy atom. The third kappa shape index (κ3) is 3.89. The quantitative estimate of drug-likeness (QED) is 0.646. The number of hydrogen-bond acceptors (Lipinski definition) is 1. The summed E-state index contributed by atoms with van der Waals surface area (Å²) in [6.45, 7) is 8.05. The van der Waals surface area contributed by atoms with E-state index in [1.54, 1.807) is 18.2 Å². The number of halogens is 1. The summed E-state index contributed by atoms with van der Waals surface area (Å²) in [6, 6.07) is 16.4. The van der Waals surface area contributed by atoms with Gasteiger partial charge in [-0.1, -0.05) is 54.6 Å². The van der Waals surface area contributed by atoms with Gasteiger partial charge in [0.15, 0.2) is 0 Å². The van der Waals surface area contributed by atoms with E-state index in [2.05, 4.69) is 13.2 Å². The van der Waals surface area contributed by atoms with E-state index in [9.17, 15) is 4.39 Å². The molecule has 0 radical (unpaired) electrons. The van der Waals surface area contributed by atoms with Crippen LogP contribution in [0.5, 0.6) is 0 Å². The Balaban J connectivity index is 2.35. The molecule has 0 aliphatic rings. The molecule has 0 N–H and O–H groups in total. The summed E-state index contributed by atoms with van der Waals surface area (Å²) in [5, 5.41) is 0. The Hall–Kier alpha value is -2.19. The molecule has 21 heavy (non-hydrogen) atoms. The van der Waals surface area contributed by atoms with Crippen LogP contribution in [0.4, 0.5) is 4.39 Å². The highest BCUT2D eigenvalue weighted by molar-refractivity contribution is 5.30. The summed E-state index contributed by atoms with van der Waals surface area (Å²) < 4.78 is 19.0. The lowest BCUT2D eigenvalue weighted by molar-refractivity contribution is 0.0633. The molecule has 0 saturated carbocycles. The van der Waals surface area contributed by atoms with Crippen molar-refractivity contribution in [3.05, 3.63) is 96.9 Å². The molecular formula is C19H19FO. The van der Waals surface area contributed by atoms with E-state index in [4.69, 9.17) is 4.74 Å². The third-order valence-electron chi connectivity index (χ3n) is 3.36. The summed E-state index contributed by atoms with van der Waals surface area (Å²) in [6.07, 6.45) is 3.36. The Bertz CT molecular complexity index is 574. The van der Waals surface area contributed by atoms with E-state index < -0.39 is 0 Å². The molecule has 0 spiro atoms. The first-order valence-electron chi connectivity index (χ1n) is 6.91. The summed E-state index contributed by atoms with van der Waals surface area (Å²) in [4.78, 5) is 0. The molecule has 0 fully saturated rings. The van der Waals surface area contributed by atoms with Gasteiger partial charge in [0.05, 0.1) is 12.7 Å². The van der Waals surface area contributed by atoms with Crippen LogP contribution in [-0.4, -0.2) is 6.61 Å². The Kier molecular flexibility index (Phi) is 5.47. The van der Waals surface area contributed by atoms with Crippen molar-refractivity contribution in [1.29, 1.82) is 0 Å². The van der Waals surface area contributed by atoms with Crippen molar-refractivity contribution >= 4 is 0 Å². The molecule has 0 saturated heterocycles. The number of rotatable bonds is 7. The first kappa shape index (κ1) is 15.2. The molecule has 108 valence electrons. The smallest absolute Gasteiger partial charge is 0.123 e. The monoisotopic (exact) mass is 282 g/mol. The van der Waals surface area contributed by atoms with Crippen LogP contribution in [0.15, 0.2) is 79.9 Å². The molecule has 2 aromatic carbocycles. The van der Waals surface area contributed by atoms with Gasteiger partial charge in [0, 0.05) is 5.92 Å². The molecule has 2 atom stereocenters. The van der Waals surface area contributed by atoms with E-state index in [0.29, 0.717) is 6.61 Å². The minimum absolute atomic E-state index is 0.00314. The van der Waals surface area contributed by atoms with Gasteiger partial charge in [-0.3, -0.25) is 0 Å². The molecule has 0 unspecified atom stereocenters. The first-order chi connectivity index (χ1) is 10.3. The van der Waals surface area contributed by atoms with Gasteiger partial charge in [0.1, 0.15) is 5.82 Å². The molecule has 0 aliphatic carbocycles. The number of benzene rings is 2. The predicted octanol–water partition coefficient (Wildman–Crippen LogP) is 5.04. The molecule has 2 aromatic rings. The average molecular weight is 282 g/mol. The fourth-order valence-electron chi connectivity index (χ4n) is 2.34. The van der Waals surface area contributed by atoms with Crippen LogP contribution in [-0.2, 0) is 4.74 Å². The van der Waals surface area contributed by atoms with Crippen LogP contribution in [0.25, 0.3) is 0 Å². The zero-order chi connectivity index (χ0) is 15.1. The maximum Gasteiger partial charge on any atom is 0.123 e. The highest BCUT2D eigenvalue weighted by atomic mass is 19.1. The average Bonchev–Trinajstić information content (AvgIpc) is 2.53. The minimum atomic E-state index is -0.254. The number of ether oxygens (including phenoxy) is 1. The van der Waals surface area contributed by atoms with E-state index >= 15 is 0 Å². The first-order valence-corrected chi connectivity index (χ1v) is 6.91. The van der Waals surface area contributed by atoms with E-state index in [0.717, 1.165) is 11.1 Å². The highest BCUT2D eigenvalue weighted by Crippen LogP contribution is 2.35. The zero-order valence-corrected chi connectivity index (χ0v) is 11.9. The molecule has 0 amide bonds. The van der Waals surface area contributed by atoms with Crippen LogP contribution >= 0.6 is 0 Å². The molecule has 0 aliphatic heterocycles. The standard InChI is InChI=1S/C19H19FO/c1-3-14-21-19(16-10-12-17(20)13-11-16)18(4-2)15-8-6-5-7-9-15/h3-13,18-19H,1-2,14H2/t18-,19-/m1/s1. The molecule has 0 heterocycles. The van der Waals surface area contributed by atoms with Crippen molar-refractivity contribution in [2.24, 2.45) is 0 Å². The van der Waals surface area contributed by atoms with Gasteiger partial charge in [-0.25, -0.2) is 4.39 Å². The SMILES string of the molecule is C=CCO[C@H](c1ccc(F)cc1)[C@H](C=C)c1ccccc1. The third-order valence-corrected chi connectivity index (χ3v) is 3.36. The van der Waals surface area contributed by atoms with Crippen molar-refractivity contribution in [1.82, 2.24) is 0 Å². The van der Waals surface area contributed by atoms with Crippen molar-refractivity contribution in [3.63, 3.8) is 0 Å². The summed E-state index contributed by atoms with van der Waals surface area (Å²) in [5.74, 6) is -0.257. The lowest BCUT2D eigenvalue weighted by atomic mass is 9.89. The zero-order valence-electron chi connectivity index (χ0n) is 11.9. The predicted molar refractivity (Wildman–Crippen MR) is 84.7 cm³/mol. The van der Waals surface area contributed by atoms with E-state index in [1.165, 1.54) is 12.1 Å². The second kappa shape index (κ2) is 7.55. The minimum Gasteiger partial charge on any atom is -0.369 e. The van der Waals surface area contributed by atoms with Crippen LogP contribution < -0.4 is 0 Å². The molecule has 0 bridgehead atoms. The van der Waals surface area contributed by atoms with Gasteiger partial charge >= 0.3 is 0 Å². The maximum absolute atomic E-state index is 13.1. The fourth-order valence-corrected chi connectivity index (χ4v) is 2.34. The largest absolute Gasteiger partial charge is 0.369 e. The van der Waals surface area contributed by atoms with Crippen LogP contribution in [0.3, 0.4) is 0 Å². The van der Waals surface area contributed by atoms with Gasteiger partial charge < -0.3 is 4.74 Å². The van der Waals surface area contributed by atoms with Gasteiger partial charge in [0.2, 0.25) is 0 Å². The number of hydrogen-bond donors (Lipinski definition) is 0. The maximum atomic E-state index is 13.1. The Morgan fingerprint density at radius 2 is 1.62 bits per heavy atom. The molecular weight excluding hydrogens is 263 g/mol. The van der Waals surface area contributed by atoms with Crippen LogP contribution in [0, 0.1) is 5.82 Å². The van der Waals surface area contributed by atoms with Crippen LogP contribution in [0.2, 0.25) is 0 Å². The second-order valence-corrected chi connectivity index (χ2v) is 4.77. The van der Waals surface area contributed by atoms with Crippen LogP contribution in [0.1, 0.15) is 23.1 Å². The van der Waals surface area contributed by atoms with Crippen molar-refractivity contribution in [2.75, 3.05) is 6.61 Å². The molecule has 2 rings (SSSR count). The summed E-state index contributed by atoms with van der Waals surface area (Å²) >= 11 is 0. The summed E-state index contributed by atoms with van der Waals surface area (Å²) in [7, 11) is 0. The van der Waals surface area contributed by atoms with E-state index in [-0.39, 0.29) is 17.8 Å². The Morgan fingerprint density at radius 3 is 2.19 bits per heavy atom. The van der Waals surface area contributed by atoms with Gasteiger partial charge in [0.25, 0.3) is 0 Å². The molecule has 2 heteroatoms. The lowest BCUT2D eigenvalue weighted by Gasteiger charge is -2.25. The van der Waals surface area contributed by atoms with Gasteiger partial charge in [-0.15, -0.1) is 13.2 Å². The Labute approximate surface area is 125 Å². The topological polar surface area (TPSA) is 9.23 Å². The van der Waals surface area contributed by atoms with Gasteiger partial charge in [-0.2, -0.15) is 0 Å². The normalized spacial score (nSPS) is 13.4. The molecule has 0 aromatic heterocycles. The highest BCUT2D eigenvalue weighted by Gasteiger charge is 2.22. The lowest BCUT2D eigenvalue weighted by Crippen LogP contribution is -2.13. The van der Waals surface area contributed by atoms with Crippen molar-refractivity contribution < 1.29 is 9.13 Å². The van der Waals surface area contributed by atoms with E-state index in [1.807, 2.05) is 36.4 Å². The van der Waals surface area contributed by atoms with Crippen molar-refractivity contribution in [3.8, 4) is 0 Å². The van der Waals surface area contributed by atoms with Gasteiger partial charge in [-0.05, 0) is 23.3 Å². The second-order valence-electron chi connectivity index (χ2n) is 4.77. The fraction of sp³-hybridized carbons (Fsp3) is 0.158. The molecule has 1 nitrogen and oxygen atoms in total.